The molecular formula is C34H39ClN6O5. The van der Waals surface area contributed by atoms with Gasteiger partial charge in [0, 0.05) is 46.2 Å². The number of guanidine groups is 1. The molecule has 0 atom stereocenters. The van der Waals surface area contributed by atoms with Crippen molar-refractivity contribution in [2.45, 2.75) is 71.6 Å². The number of nitrogens with two attached hydrogens (primary N) is 1. The Bertz CT molecular complexity index is 1670. The number of pyridine rings is 1. The number of ether oxygens (including phenoxy) is 2. The average molecular weight is 647 g/mol. The molecule has 0 unspecified atom stereocenters. The number of amides is 3. The highest BCUT2D eigenvalue weighted by Gasteiger charge is 2.26. The molecule has 46 heavy (non-hydrogen) atoms. The van der Waals surface area contributed by atoms with Crippen LogP contribution in [0.25, 0.3) is 10.8 Å². The summed E-state index contributed by atoms with van der Waals surface area (Å²) in [4.78, 5) is 48.6. The Hall–Kier alpha value is -4.82. The van der Waals surface area contributed by atoms with Crippen LogP contribution in [0, 0.1) is 11.8 Å². The summed E-state index contributed by atoms with van der Waals surface area (Å²) in [5.74, 6) is 6.34. The zero-order chi connectivity index (χ0) is 33.6. The van der Waals surface area contributed by atoms with Gasteiger partial charge in [-0.3, -0.25) is 15.4 Å². The fraction of sp³-hybridized carbons (Fsp3) is 0.382. The van der Waals surface area contributed by atoms with Crippen molar-refractivity contribution in [3.63, 3.8) is 0 Å². The predicted molar refractivity (Wildman–Crippen MR) is 179 cm³/mol. The van der Waals surface area contributed by atoms with Gasteiger partial charge in [0.25, 0.3) is 5.91 Å². The summed E-state index contributed by atoms with van der Waals surface area (Å²) in [7, 11) is 0. The maximum absolute atomic E-state index is 13.3. The number of alkyl carbamates (subject to hydrolysis) is 2. The van der Waals surface area contributed by atoms with Crippen molar-refractivity contribution in [1.82, 2.24) is 20.5 Å². The van der Waals surface area contributed by atoms with Gasteiger partial charge in [-0.1, -0.05) is 29.5 Å². The van der Waals surface area contributed by atoms with Crippen LogP contribution in [-0.2, 0) is 9.47 Å². The first-order valence-corrected chi connectivity index (χ1v) is 15.3. The predicted octanol–water partition coefficient (Wildman–Crippen LogP) is 5.88. The lowest BCUT2D eigenvalue weighted by Gasteiger charge is -2.31. The van der Waals surface area contributed by atoms with Crippen molar-refractivity contribution in [2.24, 2.45) is 4.99 Å². The van der Waals surface area contributed by atoms with Crippen molar-refractivity contribution in [3.8, 4) is 11.8 Å². The number of piperidine rings is 1. The summed E-state index contributed by atoms with van der Waals surface area (Å²) in [6, 6.07) is 12.3. The van der Waals surface area contributed by atoms with Gasteiger partial charge < -0.3 is 20.1 Å². The minimum absolute atomic E-state index is 0.0749. The number of hydrogen-bond acceptors (Lipinski definition) is 8. The molecular weight excluding hydrogens is 608 g/mol. The third kappa shape index (κ3) is 9.84. The highest BCUT2D eigenvalue weighted by Crippen LogP contribution is 2.25. The van der Waals surface area contributed by atoms with E-state index in [4.69, 9.17) is 26.8 Å². The molecule has 1 saturated heterocycles. The normalized spacial score (nSPS) is 13.7. The monoisotopic (exact) mass is 646 g/mol. The molecule has 2 aromatic carbocycles. The summed E-state index contributed by atoms with van der Waals surface area (Å²) in [5, 5.41) is 7.29. The summed E-state index contributed by atoms with van der Waals surface area (Å²) >= 11 is 6.18. The number of aromatic nitrogens is 1. The van der Waals surface area contributed by atoms with E-state index in [-0.39, 0.29) is 17.9 Å². The maximum atomic E-state index is 13.3. The van der Waals surface area contributed by atoms with E-state index in [1.165, 1.54) is 0 Å². The number of benzene rings is 2. The minimum atomic E-state index is -0.760. The second kappa shape index (κ2) is 14.1. The number of carbonyl (C=O) groups is 3. The molecule has 11 nitrogen and oxygen atoms in total. The summed E-state index contributed by atoms with van der Waals surface area (Å²) in [5.41, 5.74) is 6.46. The SMILES string of the molecule is CC(C)(C)OC(=O)NC(=NC1CCN(C(=O)c2ccc(C#Cc3c(N)ncc4ccc(Cl)cc34)cc2)CC1)NC(=O)OC(C)(C)C. The molecule has 1 aliphatic heterocycles. The van der Waals surface area contributed by atoms with Crippen LogP contribution in [0.5, 0.6) is 0 Å². The van der Waals surface area contributed by atoms with Crippen LogP contribution in [-0.4, -0.2) is 64.3 Å². The van der Waals surface area contributed by atoms with E-state index in [0.29, 0.717) is 53.5 Å². The van der Waals surface area contributed by atoms with Crippen LogP contribution < -0.4 is 16.4 Å². The summed E-state index contributed by atoms with van der Waals surface area (Å²) < 4.78 is 10.6. The van der Waals surface area contributed by atoms with Gasteiger partial charge in [0.2, 0.25) is 5.96 Å². The molecule has 2 heterocycles. The number of carbonyl (C=O) groups excluding carboxylic acids is 3. The van der Waals surface area contributed by atoms with Crippen LogP contribution in [0.15, 0.2) is 53.7 Å². The van der Waals surface area contributed by atoms with Crippen molar-refractivity contribution < 1.29 is 23.9 Å². The zero-order valence-electron chi connectivity index (χ0n) is 26.9. The Balaban J connectivity index is 1.40. The van der Waals surface area contributed by atoms with Crippen molar-refractivity contribution >= 4 is 52.2 Å². The molecule has 242 valence electrons. The molecule has 1 aromatic heterocycles. The molecule has 3 aromatic rings. The molecule has 12 heteroatoms. The van der Waals surface area contributed by atoms with Gasteiger partial charge >= 0.3 is 12.2 Å². The average Bonchev–Trinajstić information content (AvgIpc) is 2.95. The number of nitrogen functional groups attached to an aromatic ring is 1. The third-order valence-electron chi connectivity index (χ3n) is 6.65. The number of nitrogens with one attached hydrogen (secondary N) is 2. The van der Waals surface area contributed by atoms with E-state index in [0.717, 1.165) is 10.8 Å². The highest BCUT2D eigenvalue weighted by atomic mass is 35.5. The van der Waals surface area contributed by atoms with E-state index in [1.807, 2.05) is 12.1 Å². The van der Waals surface area contributed by atoms with Gasteiger partial charge in [0.1, 0.15) is 17.0 Å². The van der Waals surface area contributed by atoms with Gasteiger partial charge in [0.05, 0.1) is 11.6 Å². The van der Waals surface area contributed by atoms with Gasteiger partial charge in [0.15, 0.2) is 0 Å². The Labute approximate surface area is 273 Å². The fourth-order valence-corrected chi connectivity index (χ4v) is 4.79. The van der Waals surface area contributed by atoms with Crippen LogP contribution in [0.1, 0.15) is 75.9 Å². The molecule has 0 saturated carbocycles. The lowest BCUT2D eigenvalue weighted by Crippen LogP contribution is -2.48. The molecule has 0 spiro atoms. The van der Waals surface area contributed by atoms with E-state index in [9.17, 15) is 14.4 Å². The maximum Gasteiger partial charge on any atom is 0.414 e. The minimum Gasteiger partial charge on any atom is -0.444 e. The van der Waals surface area contributed by atoms with E-state index in [2.05, 4.69) is 32.5 Å². The Morgan fingerprint density at radius 1 is 0.935 bits per heavy atom. The largest absolute Gasteiger partial charge is 0.444 e. The fourth-order valence-electron chi connectivity index (χ4n) is 4.62. The molecule has 1 aliphatic rings. The van der Waals surface area contributed by atoms with E-state index >= 15 is 0 Å². The number of likely N-dealkylation sites (tertiary alicyclic amines) is 1. The summed E-state index contributed by atoms with van der Waals surface area (Å²) in [6.07, 6.45) is 1.21. The molecule has 1 fully saturated rings. The number of aliphatic imine (C=N–C) groups is 1. The topological polar surface area (TPSA) is 148 Å². The van der Waals surface area contributed by atoms with Crippen LogP contribution >= 0.6 is 11.6 Å². The Morgan fingerprint density at radius 2 is 1.52 bits per heavy atom. The lowest BCUT2D eigenvalue weighted by molar-refractivity contribution is 0.0544. The molecule has 0 aliphatic carbocycles. The molecule has 0 bridgehead atoms. The van der Waals surface area contributed by atoms with E-state index in [1.54, 1.807) is 83.0 Å². The number of anilines is 1. The van der Waals surface area contributed by atoms with Gasteiger partial charge in [-0.15, -0.1) is 0 Å². The highest BCUT2D eigenvalue weighted by molar-refractivity contribution is 6.31. The van der Waals surface area contributed by atoms with Crippen LogP contribution in [0.3, 0.4) is 0 Å². The van der Waals surface area contributed by atoms with E-state index < -0.39 is 23.4 Å². The first-order chi connectivity index (χ1) is 21.6. The third-order valence-corrected chi connectivity index (χ3v) is 6.88. The first-order valence-electron chi connectivity index (χ1n) is 14.9. The standard InChI is InChI=1S/C34H39ClN6O5/c1-33(2,3)45-31(43)39-30(40-32(44)46-34(4,5)6)38-25-15-17-41(18-16-25)29(42)22-10-7-21(8-11-22)9-14-26-27-19-24(35)13-12-23(27)20-37-28(26)36/h7-8,10-13,19-20,25H,15-18H2,1-6H3,(H2,36,37)(H2,38,39,40,43,44). The van der Waals surface area contributed by atoms with Gasteiger partial charge in [-0.25, -0.2) is 19.6 Å². The van der Waals surface area contributed by atoms with Crippen molar-refractivity contribution in [1.29, 1.82) is 0 Å². The summed E-state index contributed by atoms with van der Waals surface area (Å²) in [6.45, 7) is 11.3. The molecule has 3 amide bonds. The number of hydrogen-bond donors (Lipinski definition) is 3. The number of rotatable bonds is 2. The smallest absolute Gasteiger partial charge is 0.414 e. The Kier molecular flexibility index (Phi) is 10.4. The first kappa shape index (κ1) is 34.1. The number of fused-ring (bicyclic) bond motifs is 1. The van der Waals surface area contributed by atoms with Crippen LogP contribution in [0.2, 0.25) is 5.02 Å². The second-order valence-electron chi connectivity index (χ2n) is 12.8. The quantitative estimate of drug-likeness (QED) is 0.179. The lowest BCUT2D eigenvalue weighted by atomic mass is 10.0. The molecule has 0 radical (unpaired) electrons. The molecule has 4 rings (SSSR count). The van der Waals surface area contributed by atoms with Gasteiger partial charge in [-0.05, 0) is 90.8 Å². The number of halogens is 1. The van der Waals surface area contributed by atoms with Crippen molar-refractivity contribution in [3.05, 3.63) is 70.4 Å². The number of nitrogens with zero attached hydrogens (tertiary/aromatic N) is 3. The Morgan fingerprint density at radius 3 is 2.09 bits per heavy atom. The van der Waals surface area contributed by atoms with Gasteiger partial charge in [-0.2, -0.15) is 0 Å². The van der Waals surface area contributed by atoms with Crippen molar-refractivity contribution in [2.75, 3.05) is 18.8 Å². The van der Waals surface area contributed by atoms with Crippen LogP contribution in [0.4, 0.5) is 15.4 Å². The zero-order valence-corrected chi connectivity index (χ0v) is 27.6. The molecule has 4 N–H and O–H groups in total. The second-order valence-corrected chi connectivity index (χ2v) is 13.3.